The number of hydrogen-bond donors (Lipinski definition) is 2. The first-order valence-corrected chi connectivity index (χ1v) is 5.28. The number of carboxylic acids is 1. The molecule has 0 saturated heterocycles. The van der Waals surface area contributed by atoms with Crippen molar-refractivity contribution in [2.75, 3.05) is 0 Å². The third kappa shape index (κ3) is 1.94. The van der Waals surface area contributed by atoms with Gasteiger partial charge in [0.25, 0.3) is 0 Å². The minimum atomic E-state index is -1.41. The van der Waals surface area contributed by atoms with E-state index in [0.717, 1.165) is 12.1 Å². The number of benzene rings is 1. The summed E-state index contributed by atoms with van der Waals surface area (Å²) in [4.78, 5) is 10.6. The van der Waals surface area contributed by atoms with Crippen molar-refractivity contribution in [2.24, 2.45) is 0 Å². The molecule has 2 rings (SSSR count). The SMILES string of the molecule is O=C(O)c1cc(-c2c(O)c(Br)cc(F)c2F)no1. The number of halogens is 3. The number of nitrogens with zero attached hydrogens (tertiary/aromatic N) is 1. The van der Waals surface area contributed by atoms with E-state index in [1.165, 1.54) is 0 Å². The first-order chi connectivity index (χ1) is 8.41. The molecule has 0 spiro atoms. The molecule has 0 unspecified atom stereocenters. The van der Waals surface area contributed by atoms with Crippen LogP contribution in [-0.2, 0) is 0 Å². The Bertz CT molecular complexity index is 615. The van der Waals surface area contributed by atoms with E-state index in [4.69, 9.17) is 5.11 Å². The van der Waals surface area contributed by atoms with Gasteiger partial charge in [-0.25, -0.2) is 13.6 Å². The fourth-order valence-electron chi connectivity index (χ4n) is 1.31. The van der Waals surface area contributed by atoms with Gasteiger partial charge in [-0.15, -0.1) is 0 Å². The lowest BCUT2D eigenvalue weighted by Gasteiger charge is -2.05. The average Bonchev–Trinajstić information content (AvgIpc) is 2.76. The summed E-state index contributed by atoms with van der Waals surface area (Å²) >= 11 is 2.83. The molecule has 0 aliphatic heterocycles. The molecule has 0 radical (unpaired) electrons. The first-order valence-electron chi connectivity index (χ1n) is 4.48. The van der Waals surface area contributed by atoms with Crippen LogP contribution in [0.3, 0.4) is 0 Å². The summed E-state index contributed by atoms with van der Waals surface area (Å²) in [7, 11) is 0. The lowest BCUT2D eigenvalue weighted by molar-refractivity contribution is 0.0652. The second kappa shape index (κ2) is 4.37. The molecule has 5 nitrogen and oxygen atoms in total. The van der Waals surface area contributed by atoms with Crippen LogP contribution in [0.2, 0.25) is 0 Å². The third-order valence-electron chi connectivity index (χ3n) is 2.12. The van der Waals surface area contributed by atoms with Crippen molar-refractivity contribution in [3.63, 3.8) is 0 Å². The molecule has 1 aromatic carbocycles. The number of aromatic hydroxyl groups is 1. The Morgan fingerprint density at radius 3 is 2.61 bits per heavy atom. The van der Waals surface area contributed by atoms with Crippen molar-refractivity contribution in [1.82, 2.24) is 5.16 Å². The molecule has 94 valence electrons. The van der Waals surface area contributed by atoms with Crippen molar-refractivity contribution in [2.45, 2.75) is 0 Å². The summed E-state index contributed by atoms with van der Waals surface area (Å²) < 4.78 is 31.1. The molecule has 0 fully saturated rings. The van der Waals surface area contributed by atoms with E-state index in [1.54, 1.807) is 0 Å². The molecule has 0 saturated carbocycles. The van der Waals surface area contributed by atoms with Crippen LogP contribution in [0.1, 0.15) is 10.6 Å². The van der Waals surface area contributed by atoms with Crippen LogP contribution < -0.4 is 0 Å². The number of aromatic carboxylic acids is 1. The van der Waals surface area contributed by atoms with E-state index in [-0.39, 0.29) is 10.2 Å². The van der Waals surface area contributed by atoms with Crippen LogP contribution in [0.15, 0.2) is 21.1 Å². The fourth-order valence-corrected chi connectivity index (χ4v) is 1.71. The molecule has 2 N–H and O–H groups in total. The number of hydrogen-bond acceptors (Lipinski definition) is 4. The predicted octanol–water partition coefficient (Wildman–Crippen LogP) is 2.79. The Morgan fingerprint density at radius 2 is 2.06 bits per heavy atom. The zero-order valence-electron chi connectivity index (χ0n) is 8.45. The largest absolute Gasteiger partial charge is 0.506 e. The lowest BCUT2D eigenvalue weighted by atomic mass is 10.1. The van der Waals surface area contributed by atoms with Crippen molar-refractivity contribution in [3.8, 4) is 17.0 Å². The highest BCUT2D eigenvalue weighted by molar-refractivity contribution is 9.10. The van der Waals surface area contributed by atoms with Crippen molar-refractivity contribution in [3.05, 3.63) is 34.0 Å². The van der Waals surface area contributed by atoms with Gasteiger partial charge in [-0.05, 0) is 22.0 Å². The number of phenolic OH excluding ortho intramolecular Hbond substituents is 1. The molecule has 0 atom stereocenters. The monoisotopic (exact) mass is 319 g/mol. The van der Waals surface area contributed by atoms with Crippen molar-refractivity contribution >= 4 is 21.9 Å². The minimum absolute atomic E-state index is 0.0868. The highest BCUT2D eigenvalue weighted by Gasteiger charge is 2.23. The second-order valence-corrected chi connectivity index (χ2v) is 4.11. The third-order valence-corrected chi connectivity index (χ3v) is 2.73. The molecule has 1 heterocycles. The summed E-state index contributed by atoms with van der Waals surface area (Å²) in [5.41, 5.74) is -0.888. The number of carbonyl (C=O) groups is 1. The zero-order valence-corrected chi connectivity index (χ0v) is 10.0. The lowest BCUT2D eigenvalue weighted by Crippen LogP contribution is -1.93. The van der Waals surface area contributed by atoms with Gasteiger partial charge in [0.05, 0.1) is 10.0 Å². The highest BCUT2D eigenvalue weighted by Crippen LogP contribution is 2.38. The topological polar surface area (TPSA) is 83.6 Å². The van der Waals surface area contributed by atoms with Crippen LogP contribution in [0.25, 0.3) is 11.3 Å². The second-order valence-electron chi connectivity index (χ2n) is 3.26. The van der Waals surface area contributed by atoms with Crippen molar-refractivity contribution < 1.29 is 28.3 Å². The van der Waals surface area contributed by atoms with E-state index >= 15 is 0 Å². The first kappa shape index (κ1) is 12.5. The van der Waals surface area contributed by atoms with Crippen LogP contribution in [0.5, 0.6) is 5.75 Å². The molecular formula is C10H4BrF2NO4. The Kier molecular flexibility index (Phi) is 3.04. The van der Waals surface area contributed by atoms with Crippen LogP contribution >= 0.6 is 15.9 Å². The quantitative estimate of drug-likeness (QED) is 0.831. The van der Waals surface area contributed by atoms with Gasteiger partial charge in [-0.2, -0.15) is 0 Å². The highest BCUT2D eigenvalue weighted by atomic mass is 79.9. The molecule has 1 aromatic heterocycles. The maximum atomic E-state index is 13.6. The standard InChI is InChI=1S/C10H4BrF2NO4/c11-3-1-4(12)8(13)7(9(3)15)5-2-6(10(16)17)18-14-5/h1-2,15H,(H,16,17). The van der Waals surface area contributed by atoms with Gasteiger partial charge in [-0.3, -0.25) is 0 Å². The molecule has 0 aliphatic rings. The van der Waals surface area contributed by atoms with Gasteiger partial charge in [0.2, 0.25) is 5.76 Å². The van der Waals surface area contributed by atoms with E-state index in [1.807, 2.05) is 0 Å². The Balaban J connectivity index is 2.66. The van der Waals surface area contributed by atoms with Crippen LogP contribution in [0, 0.1) is 11.6 Å². The smallest absolute Gasteiger partial charge is 0.374 e. The summed E-state index contributed by atoms with van der Waals surface area (Å²) in [6, 6.07) is 1.62. The molecule has 18 heavy (non-hydrogen) atoms. The summed E-state index contributed by atoms with van der Waals surface area (Å²) in [6.07, 6.45) is 0. The summed E-state index contributed by atoms with van der Waals surface area (Å²) in [5.74, 6) is -5.12. The van der Waals surface area contributed by atoms with Crippen LogP contribution in [0.4, 0.5) is 8.78 Å². The molecule has 0 bridgehead atoms. The van der Waals surface area contributed by atoms with Gasteiger partial charge >= 0.3 is 5.97 Å². The van der Waals surface area contributed by atoms with Gasteiger partial charge in [-0.1, -0.05) is 5.16 Å². The normalized spacial score (nSPS) is 10.6. The molecule has 2 aromatic rings. The molecule has 8 heteroatoms. The zero-order chi connectivity index (χ0) is 13.4. The van der Waals surface area contributed by atoms with E-state index in [2.05, 4.69) is 25.6 Å². The predicted molar refractivity (Wildman–Crippen MR) is 58.2 cm³/mol. The number of rotatable bonds is 2. The van der Waals surface area contributed by atoms with Gasteiger partial charge in [0.15, 0.2) is 11.6 Å². The Labute approximate surface area is 107 Å². The Morgan fingerprint density at radius 1 is 1.39 bits per heavy atom. The average molecular weight is 320 g/mol. The fraction of sp³-hybridized carbons (Fsp3) is 0. The maximum absolute atomic E-state index is 13.6. The maximum Gasteiger partial charge on any atom is 0.374 e. The number of phenols is 1. The van der Waals surface area contributed by atoms with Crippen molar-refractivity contribution in [1.29, 1.82) is 0 Å². The molecule has 0 aliphatic carbocycles. The minimum Gasteiger partial charge on any atom is -0.506 e. The van der Waals surface area contributed by atoms with Crippen LogP contribution in [-0.4, -0.2) is 21.3 Å². The summed E-state index contributed by atoms with van der Waals surface area (Å²) in [5, 5.41) is 21.5. The Hall–Kier alpha value is -1.96. The van der Waals surface area contributed by atoms with Gasteiger partial charge in [0.1, 0.15) is 11.4 Å². The van der Waals surface area contributed by atoms with E-state index in [0.29, 0.717) is 0 Å². The number of carboxylic acid groups (broad SMARTS) is 1. The van der Waals surface area contributed by atoms with Gasteiger partial charge < -0.3 is 14.7 Å². The number of aromatic nitrogens is 1. The molecule has 0 amide bonds. The van der Waals surface area contributed by atoms with E-state index < -0.39 is 34.7 Å². The molecular weight excluding hydrogens is 316 g/mol. The van der Waals surface area contributed by atoms with E-state index in [9.17, 15) is 18.7 Å². The van der Waals surface area contributed by atoms with Gasteiger partial charge in [0, 0.05) is 6.07 Å². The summed E-state index contributed by atoms with van der Waals surface area (Å²) in [6.45, 7) is 0.